The van der Waals surface area contributed by atoms with Gasteiger partial charge in [-0.2, -0.15) is 5.10 Å². The van der Waals surface area contributed by atoms with Gasteiger partial charge in [0.2, 0.25) is 11.8 Å². The number of piperidine rings is 1. The fourth-order valence-electron chi connectivity index (χ4n) is 3.74. The Morgan fingerprint density at radius 3 is 2.57 bits per heavy atom. The second-order valence-corrected chi connectivity index (χ2v) is 8.04. The van der Waals surface area contributed by atoms with Crippen LogP contribution in [0.1, 0.15) is 43.7 Å². The molecule has 2 aromatic rings. The molecule has 1 saturated heterocycles. The topological polar surface area (TPSA) is 67.2 Å². The molecule has 7 heteroatoms. The number of carbonyl (C=O) groups is 2. The number of benzene rings is 1. The molecule has 1 aromatic heterocycles. The summed E-state index contributed by atoms with van der Waals surface area (Å²) >= 11 is 6.18. The molecular weight excluding hydrogens is 376 g/mol. The van der Waals surface area contributed by atoms with E-state index in [-0.39, 0.29) is 23.8 Å². The number of amides is 2. The number of likely N-dealkylation sites (tertiary alicyclic amines) is 1. The normalized spacial score (nSPS) is 17.5. The van der Waals surface area contributed by atoms with Crippen LogP contribution in [0.15, 0.2) is 36.5 Å². The molecule has 4 rings (SSSR count). The molecular formula is C21H25ClN4O2. The van der Waals surface area contributed by atoms with E-state index in [9.17, 15) is 9.59 Å². The van der Waals surface area contributed by atoms with Crippen molar-refractivity contribution in [3.63, 3.8) is 0 Å². The van der Waals surface area contributed by atoms with Crippen LogP contribution in [0.25, 0.3) is 0 Å². The molecule has 2 aliphatic rings. The van der Waals surface area contributed by atoms with Gasteiger partial charge in [-0.25, -0.2) is 4.68 Å². The summed E-state index contributed by atoms with van der Waals surface area (Å²) in [5.74, 6) is 1.19. The molecule has 0 atom stereocenters. The van der Waals surface area contributed by atoms with Gasteiger partial charge in [-0.1, -0.05) is 29.8 Å². The Balaban J connectivity index is 1.29. The summed E-state index contributed by atoms with van der Waals surface area (Å²) in [4.78, 5) is 26.6. The van der Waals surface area contributed by atoms with Crippen LogP contribution in [0, 0.1) is 5.92 Å². The van der Waals surface area contributed by atoms with Crippen molar-refractivity contribution in [2.24, 2.45) is 5.92 Å². The minimum Gasteiger partial charge on any atom is -0.343 e. The molecule has 0 unspecified atom stereocenters. The number of anilines is 1. The Bertz CT molecular complexity index is 854. The first-order chi connectivity index (χ1) is 13.6. The third-order valence-electron chi connectivity index (χ3n) is 5.60. The number of aromatic nitrogens is 2. The quantitative estimate of drug-likeness (QED) is 0.804. The van der Waals surface area contributed by atoms with E-state index in [2.05, 4.69) is 10.4 Å². The lowest BCUT2D eigenvalue weighted by atomic mass is 10.0. The molecule has 6 nitrogen and oxygen atoms in total. The zero-order valence-electron chi connectivity index (χ0n) is 15.8. The van der Waals surface area contributed by atoms with E-state index in [0.29, 0.717) is 31.0 Å². The van der Waals surface area contributed by atoms with Crippen LogP contribution in [0.4, 0.5) is 5.82 Å². The lowest BCUT2D eigenvalue weighted by molar-refractivity contribution is -0.132. The third-order valence-corrected chi connectivity index (χ3v) is 5.97. The smallest absolute Gasteiger partial charge is 0.228 e. The highest BCUT2D eigenvalue weighted by Crippen LogP contribution is 2.31. The zero-order valence-corrected chi connectivity index (χ0v) is 16.6. The van der Waals surface area contributed by atoms with Crippen LogP contribution in [0.3, 0.4) is 0 Å². The monoisotopic (exact) mass is 400 g/mol. The Labute approximate surface area is 169 Å². The van der Waals surface area contributed by atoms with Gasteiger partial charge in [-0.05, 0) is 43.7 Å². The maximum absolute atomic E-state index is 12.6. The Kier molecular flexibility index (Phi) is 5.67. The lowest BCUT2D eigenvalue weighted by Gasteiger charge is -2.33. The van der Waals surface area contributed by atoms with Gasteiger partial charge in [0.05, 0.1) is 12.2 Å². The minimum absolute atomic E-state index is 0.0916. The molecule has 2 heterocycles. The SMILES string of the molecule is O=C(Nc1ccnn1C1CCN(C(=O)CCc2ccccc2Cl)CC1)C1CC1. The van der Waals surface area contributed by atoms with E-state index < -0.39 is 0 Å². The summed E-state index contributed by atoms with van der Waals surface area (Å²) in [7, 11) is 0. The molecule has 1 N–H and O–H groups in total. The summed E-state index contributed by atoms with van der Waals surface area (Å²) in [5.41, 5.74) is 1.01. The van der Waals surface area contributed by atoms with Gasteiger partial charge >= 0.3 is 0 Å². The molecule has 28 heavy (non-hydrogen) atoms. The maximum atomic E-state index is 12.6. The summed E-state index contributed by atoms with van der Waals surface area (Å²) in [5, 5.41) is 8.12. The van der Waals surface area contributed by atoms with Crippen molar-refractivity contribution in [1.29, 1.82) is 0 Å². The summed E-state index contributed by atoms with van der Waals surface area (Å²) in [6, 6.07) is 9.72. The predicted molar refractivity (Wildman–Crippen MR) is 108 cm³/mol. The largest absolute Gasteiger partial charge is 0.343 e. The average Bonchev–Trinajstić information content (AvgIpc) is 3.47. The maximum Gasteiger partial charge on any atom is 0.228 e. The number of hydrogen-bond acceptors (Lipinski definition) is 3. The van der Waals surface area contributed by atoms with Crippen LogP contribution in [-0.4, -0.2) is 39.6 Å². The van der Waals surface area contributed by atoms with Crippen LogP contribution in [-0.2, 0) is 16.0 Å². The number of hydrogen-bond donors (Lipinski definition) is 1. The third kappa shape index (κ3) is 4.38. The van der Waals surface area contributed by atoms with E-state index in [4.69, 9.17) is 11.6 Å². The van der Waals surface area contributed by atoms with Crippen molar-refractivity contribution >= 4 is 29.2 Å². The van der Waals surface area contributed by atoms with Crippen molar-refractivity contribution < 1.29 is 9.59 Å². The van der Waals surface area contributed by atoms with Gasteiger partial charge in [0.15, 0.2) is 0 Å². The molecule has 1 aliphatic carbocycles. The van der Waals surface area contributed by atoms with Gasteiger partial charge in [0.1, 0.15) is 5.82 Å². The predicted octanol–water partition coefficient (Wildman–Crippen LogP) is 3.68. The Morgan fingerprint density at radius 1 is 1.11 bits per heavy atom. The first kappa shape index (κ1) is 19.0. The van der Waals surface area contributed by atoms with Crippen molar-refractivity contribution in [1.82, 2.24) is 14.7 Å². The molecule has 0 spiro atoms. The first-order valence-electron chi connectivity index (χ1n) is 9.97. The molecule has 1 aromatic carbocycles. The van der Waals surface area contributed by atoms with E-state index in [1.807, 2.05) is 39.9 Å². The van der Waals surface area contributed by atoms with Crippen LogP contribution in [0.5, 0.6) is 0 Å². The summed E-state index contributed by atoms with van der Waals surface area (Å²) in [6.07, 6.45) is 6.50. The van der Waals surface area contributed by atoms with E-state index in [0.717, 1.165) is 37.1 Å². The number of carbonyl (C=O) groups excluding carboxylic acids is 2. The van der Waals surface area contributed by atoms with Gasteiger partial charge < -0.3 is 10.2 Å². The molecule has 148 valence electrons. The van der Waals surface area contributed by atoms with Gasteiger partial charge in [0, 0.05) is 36.5 Å². The molecule has 1 saturated carbocycles. The average molecular weight is 401 g/mol. The van der Waals surface area contributed by atoms with Crippen molar-refractivity contribution in [3.8, 4) is 0 Å². The molecule has 2 amide bonds. The van der Waals surface area contributed by atoms with Crippen molar-refractivity contribution in [2.45, 2.75) is 44.6 Å². The molecule has 1 aliphatic heterocycles. The Hall–Kier alpha value is -2.34. The standard InChI is InChI=1S/C21H25ClN4O2/c22-18-4-2-1-3-15(18)7-8-20(27)25-13-10-17(11-14-25)26-19(9-12-23-26)24-21(28)16-5-6-16/h1-4,9,12,16-17H,5-8,10-11,13-14H2,(H,24,28). The second-order valence-electron chi connectivity index (χ2n) is 7.63. The zero-order chi connectivity index (χ0) is 19.5. The van der Waals surface area contributed by atoms with Gasteiger partial charge in [0.25, 0.3) is 0 Å². The number of nitrogens with zero attached hydrogens (tertiary/aromatic N) is 3. The fourth-order valence-corrected chi connectivity index (χ4v) is 3.97. The van der Waals surface area contributed by atoms with Crippen molar-refractivity contribution in [3.05, 3.63) is 47.1 Å². The fraction of sp³-hybridized carbons (Fsp3) is 0.476. The minimum atomic E-state index is 0.0916. The highest BCUT2D eigenvalue weighted by atomic mass is 35.5. The number of halogens is 1. The van der Waals surface area contributed by atoms with Crippen LogP contribution >= 0.6 is 11.6 Å². The Morgan fingerprint density at radius 2 is 1.86 bits per heavy atom. The van der Waals surface area contributed by atoms with Crippen LogP contribution in [0.2, 0.25) is 5.02 Å². The van der Waals surface area contributed by atoms with E-state index >= 15 is 0 Å². The highest BCUT2D eigenvalue weighted by Gasteiger charge is 2.31. The van der Waals surface area contributed by atoms with Gasteiger partial charge in [-0.15, -0.1) is 0 Å². The van der Waals surface area contributed by atoms with Crippen molar-refractivity contribution in [2.75, 3.05) is 18.4 Å². The number of nitrogens with one attached hydrogen (secondary N) is 1. The van der Waals surface area contributed by atoms with Crippen LogP contribution < -0.4 is 5.32 Å². The summed E-state index contributed by atoms with van der Waals surface area (Å²) < 4.78 is 1.91. The second kappa shape index (κ2) is 8.35. The van der Waals surface area contributed by atoms with Gasteiger partial charge in [-0.3, -0.25) is 9.59 Å². The number of rotatable bonds is 6. The summed E-state index contributed by atoms with van der Waals surface area (Å²) in [6.45, 7) is 1.42. The molecule has 0 radical (unpaired) electrons. The van der Waals surface area contributed by atoms with E-state index in [1.165, 1.54) is 0 Å². The number of aryl methyl sites for hydroxylation is 1. The first-order valence-corrected chi connectivity index (χ1v) is 10.3. The molecule has 0 bridgehead atoms. The van der Waals surface area contributed by atoms with E-state index in [1.54, 1.807) is 6.20 Å². The highest BCUT2D eigenvalue weighted by molar-refractivity contribution is 6.31. The lowest BCUT2D eigenvalue weighted by Crippen LogP contribution is -2.39. The molecule has 2 fully saturated rings.